The third kappa shape index (κ3) is 5.36. The van der Waals surface area contributed by atoms with Crippen molar-refractivity contribution in [1.29, 1.82) is 0 Å². The van der Waals surface area contributed by atoms with Crippen LogP contribution in [0.1, 0.15) is 36.5 Å². The molecule has 2 rings (SSSR count). The van der Waals surface area contributed by atoms with E-state index in [4.69, 9.17) is 4.74 Å². The van der Waals surface area contributed by atoms with Gasteiger partial charge in [0.1, 0.15) is 0 Å². The largest absolute Gasteiger partial charge is 0.389 e. The Morgan fingerprint density at radius 3 is 2.71 bits per heavy atom. The summed E-state index contributed by atoms with van der Waals surface area (Å²) in [5, 5.41) is 2.71. The molecule has 0 saturated heterocycles. The number of nitrogens with zero attached hydrogens (tertiary/aromatic N) is 1. The van der Waals surface area contributed by atoms with Crippen LogP contribution in [0, 0.1) is 5.92 Å². The molecule has 1 fully saturated rings. The summed E-state index contributed by atoms with van der Waals surface area (Å²) < 4.78 is 43.4. The maximum absolute atomic E-state index is 12.3. The first-order valence-electron chi connectivity index (χ1n) is 7.94. The van der Waals surface area contributed by atoms with Crippen molar-refractivity contribution in [1.82, 2.24) is 9.88 Å². The first-order valence-corrected chi connectivity index (χ1v) is 7.94. The minimum absolute atomic E-state index is 0.236. The lowest BCUT2D eigenvalue weighted by atomic mass is 9.78. The van der Waals surface area contributed by atoms with E-state index >= 15 is 0 Å². The first kappa shape index (κ1) is 18.5. The normalized spacial score (nSPS) is 20.5. The lowest BCUT2D eigenvalue weighted by Crippen LogP contribution is -2.45. The van der Waals surface area contributed by atoms with Gasteiger partial charge in [0.2, 0.25) is 0 Å². The Bertz CT molecular complexity index is 622. The van der Waals surface area contributed by atoms with Crippen LogP contribution >= 0.6 is 0 Å². The van der Waals surface area contributed by atoms with Gasteiger partial charge >= 0.3 is 6.18 Å². The first-order chi connectivity index (χ1) is 11.3. The van der Waals surface area contributed by atoms with Crippen LogP contribution in [0.5, 0.6) is 0 Å². The molecule has 1 amide bonds. The summed E-state index contributed by atoms with van der Waals surface area (Å²) in [6.07, 6.45) is -2.86. The second-order valence-corrected chi connectivity index (χ2v) is 5.97. The van der Waals surface area contributed by atoms with Gasteiger partial charge in [-0.25, -0.2) is 0 Å². The number of hydrogen-bond acceptors (Lipinski definition) is 3. The lowest BCUT2D eigenvalue weighted by molar-refractivity contribution is -0.151. The average molecular weight is 346 g/mol. The number of carbonyl (C=O) groups excluding carboxylic acids is 1. The summed E-state index contributed by atoms with van der Waals surface area (Å²) in [5.74, 6) is -0.800. The molecule has 0 atom stereocenters. The van der Waals surface area contributed by atoms with Gasteiger partial charge in [-0.1, -0.05) is 0 Å². The number of hydrogen-bond donors (Lipinski definition) is 1. The monoisotopic (exact) mass is 346 g/mol. The maximum Gasteiger partial charge on any atom is 0.389 e. The van der Waals surface area contributed by atoms with Gasteiger partial charge in [0.15, 0.2) is 0 Å². The molecule has 0 unspecified atom stereocenters. The average Bonchev–Trinajstić information content (AvgIpc) is 2.45. The Morgan fingerprint density at radius 1 is 1.38 bits per heavy atom. The highest BCUT2D eigenvalue weighted by Gasteiger charge is 2.39. The van der Waals surface area contributed by atoms with Crippen molar-refractivity contribution in [2.24, 2.45) is 5.92 Å². The van der Waals surface area contributed by atoms with Crippen molar-refractivity contribution in [2.45, 2.75) is 44.9 Å². The van der Waals surface area contributed by atoms with Crippen molar-refractivity contribution in [2.75, 3.05) is 13.2 Å². The number of amides is 1. The molecular formula is C16H21F3N2O3. The van der Waals surface area contributed by atoms with Gasteiger partial charge < -0.3 is 14.6 Å². The Balaban J connectivity index is 1.87. The zero-order valence-electron chi connectivity index (χ0n) is 13.4. The van der Waals surface area contributed by atoms with E-state index in [0.717, 1.165) is 0 Å². The number of pyridine rings is 1. The Kier molecular flexibility index (Phi) is 6.04. The number of rotatable bonds is 7. The summed E-state index contributed by atoms with van der Waals surface area (Å²) in [5.41, 5.74) is 0.0745. The third-order valence-electron chi connectivity index (χ3n) is 4.02. The van der Waals surface area contributed by atoms with Gasteiger partial charge in [0.05, 0.1) is 12.2 Å². The summed E-state index contributed by atoms with van der Waals surface area (Å²) in [6.45, 7) is 3.08. The van der Waals surface area contributed by atoms with Gasteiger partial charge in [-0.05, 0) is 31.7 Å². The van der Waals surface area contributed by atoms with Crippen molar-refractivity contribution >= 4 is 5.91 Å². The topological polar surface area (TPSA) is 60.3 Å². The number of aromatic nitrogens is 1. The molecule has 1 N–H and O–H groups in total. The van der Waals surface area contributed by atoms with Crippen molar-refractivity contribution in [3.05, 3.63) is 34.2 Å². The van der Waals surface area contributed by atoms with Crippen molar-refractivity contribution in [3.63, 3.8) is 0 Å². The quantitative estimate of drug-likeness (QED) is 0.771. The van der Waals surface area contributed by atoms with Crippen LogP contribution < -0.4 is 10.9 Å². The molecule has 1 aliphatic rings. The van der Waals surface area contributed by atoms with E-state index in [-0.39, 0.29) is 17.5 Å². The summed E-state index contributed by atoms with van der Waals surface area (Å²) >= 11 is 0. The van der Waals surface area contributed by atoms with Crippen LogP contribution in [-0.4, -0.2) is 35.9 Å². The zero-order valence-corrected chi connectivity index (χ0v) is 13.4. The minimum Gasteiger partial charge on any atom is -0.380 e. The van der Waals surface area contributed by atoms with E-state index < -0.39 is 18.5 Å². The van der Waals surface area contributed by atoms with Gasteiger partial charge in [-0.2, -0.15) is 13.2 Å². The van der Waals surface area contributed by atoms with Gasteiger partial charge in [0.25, 0.3) is 11.5 Å². The fourth-order valence-electron chi connectivity index (χ4n) is 2.76. The Morgan fingerprint density at radius 2 is 2.08 bits per heavy atom. The fraction of sp³-hybridized carbons (Fsp3) is 0.625. The molecule has 24 heavy (non-hydrogen) atoms. The highest BCUT2D eigenvalue weighted by atomic mass is 19.4. The molecule has 0 radical (unpaired) electrons. The van der Waals surface area contributed by atoms with Gasteiger partial charge in [0, 0.05) is 37.9 Å². The van der Waals surface area contributed by atoms with E-state index in [9.17, 15) is 22.8 Å². The number of alkyl halides is 3. The van der Waals surface area contributed by atoms with Gasteiger partial charge in [-0.15, -0.1) is 0 Å². The summed E-state index contributed by atoms with van der Waals surface area (Å²) in [7, 11) is 0. The SMILES string of the molecule is CCOCCn1cc(C(=O)NC2CC(CC(F)(F)F)C2)ccc1=O. The standard InChI is InChI=1S/C16H21F3N2O3/c1-2-24-6-5-21-10-12(3-4-14(21)22)15(23)20-13-7-11(8-13)9-16(17,18)19/h3-4,10-11,13H,2,5-9H2,1H3,(H,20,23). The van der Waals surface area contributed by atoms with Crippen LogP contribution in [0.25, 0.3) is 0 Å². The Hall–Kier alpha value is -1.83. The van der Waals surface area contributed by atoms with Crippen LogP contribution in [0.3, 0.4) is 0 Å². The molecule has 1 heterocycles. The molecule has 1 aromatic heterocycles. The maximum atomic E-state index is 12.3. The van der Waals surface area contributed by atoms with Crippen LogP contribution in [-0.2, 0) is 11.3 Å². The van der Waals surface area contributed by atoms with E-state index in [1.807, 2.05) is 6.92 Å². The molecular weight excluding hydrogens is 325 g/mol. The molecule has 1 aromatic rings. The lowest BCUT2D eigenvalue weighted by Gasteiger charge is -2.36. The molecule has 8 heteroatoms. The second-order valence-electron chi connectivity index (χ2n) is 5.97. The van der Waals surface area contributed by atoms with E-state index in [1.54, 1.807) is 0 Å². The minimum atomic E-state index is -4.16. The van der Waals surface area contributed by atoms with E-state index in [0.29, 0.717) is 38.2 Å². The van der Waals surface area contributed by atoms with Crippen LogP contribution in [0.15, 0.2) is 23.1 Å². The van der Waals surface area contributed by atoms with Crippen molar-refractivity contribution < 1.29 is 22.7 Å². The van der Waals surface area contributed by atoms with Crippen LogP contribution in [0.2, 0.25) is 0 Å². The number of carbonyl (C=O) groups is 1. The number of halogens is 3. The fourth-order valence-corrected chi connectivity index (χ4v) is 2.76. The highest BCUT2D eigenvalue weighted by molar-refractivity contribution is 5.94. The van der Waals surface area contributed by atoms with Crippen molar-refractivity contribution in [3.8, 4) is 0 Å². The number of nitrogens with one attached hydrogen (secondary N) is 1. The molecule has 5 nitrogen and oxygen atoms in total. The second kappa shape index (κ2) is 7.83. The molecule has 1 saturated carbocycles. The molecule has 0 bridgehead atoms. The predicted octanol–water partition coefficient (Wildman–Crippen LogP) is 2.35. The van der Waals surface area contributed by atoms with E-state index in [2.05, 4.69) is 5.32 Å². The summed E-state index contributed by atoms with van der Waals surface area (Å²) in [4.78, 5) is 23.9. The highest BCUT2D eigenvalue weighted by Crippen LogP contribution is 2.37. The van der Waals surface area contributed by atoms with Gasteiger partial charge in [-0.3, -0.25) is 9.59 Å². The zero-order chi connectivity index (χ0) is 17.7. The molecule has 134 valence electrons. The molecule has 0 aromatic carbocycles. The molecule has 1 aliphatic carbocycles. The summed E-state index contributed by atoms with van der Waals surface area (Å²) in [6, 6.07) is 2.48. The molecule has 0 spiro atoms. The van der Waals surface area contributed by atoms with E-state index in [1.165, 1.54) is 22.9 Å². The molecule has 0 aliphatic heterocycles. The van der Waals surface area contributed by atoms with Crippen LogP contribution in [0.4, 0.5) is 13.2 Å². The predicted molar refractivity (Wildman–Crippen MR) is 81.8 cm³/mol. The Labute approximate surface area is 137 Å². The smallest absolute Gasteiger partial charge is 0.380 e. The third-order valence-corrected chi connectivity index (χ3v) is 4.02. The number of ether oxygens (including phenoxy) is 1.